The number of hydrogen-bond acceptors (Lipinski definition) is 2. The van der Waals surface area contributed by atoms with Crippen molar-refractivity contribution in [1.82, 2.24) is 4.90 Å². The fourth-order valence-electron chi connectivity index (χ4n) is 4.87. The Kier molecular flexibility index (Phi) is 5.41. The SMILES string of the molecule is CCCc1cccc2c1[C@@H](CCC)[C@H](CCC)[C@@H]2N1C(=O)C=CC1=O. The first-order valence-corrected chi connectivity index (χ1v) is 9.80. The van der Waals surface area contributed by atoms with Crippen molar-refractivity contribution in [2.24, 2.45) is 5.92 Å². The maximum absolute atomic E-state index is 12.4. The van der Waals surface area contributed by atoms with Crippen LogP contribution >= 0.6 is 0 Å². The van der Waals surface area contributed by atoms with Crippen molar-refractivity contribution in [2.75, 3.05) is 0 Å². The summed E-state index contributed by atoms with van der Waals surface area (Å²) in [5.41, 5.74) is 4.06. The van der Waals surface area contributed by atoms with Crippen LogP contribution in [0.4, 0.5) is 0 Å². The van der Waals surface area contributed by atoms with Gasteiger partial charge in [-0.15, -0.1) is 0 Å². The lowest BCUT2D eigenvalue weighted by Crippen LogP contribution is -2.37. The van der Waals surface area contributed by atoms with Crippen LogP contribution in [0.2, 0.25) is 0 Å². The number of benzene rings is 1. The van der Waals surface area contributed by atoms with Gasteiger partial charge in [0, 0.05) is 12.2 Å². The highest BCUT2D eigenvalue weighted by atomic mass is 16.2. The molecule has 3 rings (SSSR count). The first kappa shape index (κ1) is 17.9. The number of aryl methyl sites for hydroxylation is 1. The molecule has 2 amide bonds. The summed E-state index contributed by atoms with van der Waals surface area (Å²) >= 11 is 0. The van der Waals surface area contributed by atoms with E-state index >= 15 is 0 Å². The van der Waals surface area contributed by atoms with Crippen molar-refractivity contribution < 1.29 is 9.59 Å². The number of imide groups is 1. The second-order valence-electron chi connectivity index (χ2n) is 7.34. The summed E-state index contributed by atoms with van der Waals surface area (Å²) in [7, 11) is 0. The smallest absolute Gasteiger partial charge is 0.254 e. The molecule has 0 unspecified atom stereocenters. The predicted molar refractivity (Wildman–Crippen MR) is 100 cm³/mol. The first-order valence-electron chi connectivity index (χ1n) is 9.80. The van der Waals surface area contributed by atoms with Crippen molar-refractivity contribution in [3.8, 4) is 0 Å². The van der Waals surface area contributed by atoms with Crippen LogP contribution in [-0.2, 0) is 16.0 Å². The highest BCUT2D eigenvalue weighted by Gasteiger charge is 2.47. The number of nitrogens with zero attached hydrogens (tertiary/aromatic N) is 1. The number of rotatable bonds is 7. The minimum atomic E-state index is -0.153. The zero-order valence-electron chi connectivity index (χ0n) is 15.6. The second-order valence-corrected chi connectivity index (χ2v) is 7.34. The fourth-order valence-corrected chi connectivity index (χ4v) is 4.87. The van der Waals surface area contributed by atoms with E-state index in [2.05, 4.69) is 39.0 Å². The van der Waals surface area contributed by atoms with E-state index in [1.165, 1.54) is 33.7 Å². The molecule has 0 aromatic heterocycles. The Morgan fingerprint density at radius 3 is 2.20 bits per heavy atom. The average Bonchev–Trinajstić information content (AvgIpc) is 3.07. The minimum Gasteiger partial charge on any atom is -0.269 e. The van der Waals surface area contributed by atoms with Gasteiger partial charge in [-0.3, -0.25) is 14.5 Å². The van der Waals surface area contributed by atoms with Crippen LogP contribution in [0.1, 0.15) is 81.5 Å². The largest absolute Gasteiger partial charge is 0.269 e. The van der Waals surface area contributed by atoms with Crippen molar-refractivity contribution in [1.29, 1.82) is 0 Å². The summed E-state index contributed by atoms with van der Waals surface area (Å²) in [6, 6.07) is 6.39. The topological polar surface area (TPSA) is 37.4 Å². The molecule has 2 aliphatic rings. The summed E-state index contributed by atoms with van der Waals surface area (Å²) in [6.45, 7) is 6.63. The van der Waals surface area contributed by atoms with Gasteiger partial charge in [0.2, 0.25) is 0 Å². The van der Waals surface area contributed by atoms with Gasteiger partial charge in [0.25, 0.3) is 11.8 Å². The van der Waals surface area contributed by atoms with E-state index in [1.54, 1.807) is 0 Å². The van der Waals surface area contributed by atoms with Gasteiger partial charge >= 0.3 is 0 Å². The number of carbonyl (C=O) groups is 2. The Hall–Kier alpha value is -1.90. The fraction of sp³-hybridized carbons (Fsp3) is 0.545. The van der Waals surface area contributed by atoms with Crippen LogP contribution in [0.5, 0.6) is 0 Å². The number of hydrogen-bond donors (Lipinski definition) is 0. The molecule has 0 saturated carbocycles. The molecule has 1 aromatic rings. The molecule has 0 radical (unpaired) electrons. The summed E-state index contributed by atoms with van der Waals surface area (Å²) in [4.78, 5) is 26.4. The lowest BCUT2D eigenvalue weighted by Gasteiger charge is -2.31. The van der Waals surface area contributed by atoms with Crippen LogP contribution in [0.25, 0.3) is 0 Å². The highest BCUT2D eigenvalue weighted by molar-refractivity contribution is 6.13. The Morgan fingerprint density at radius 2 is 1.60 bits per heavy atom. The van der Waals surface area contributed by atoms with E-state index in [0.29, 0.717) is 11.8 Å². The van der Waals surface area contributed by atoms with Crippen LogP contribution in [0.3, 0.4) is 0 Å². The van der Waals surface area contributed by atoms with Crippen LogP contribution in [0, 0.1) is 5.92 Å². The predicted octanol–water partition coefficient (Wildman–Crippen LogP) is 4.92. The molecule has 1 heterocycles. The van der Waals surface area contributed by atoms with Gasteiger partial charge in [-0.25, -0.2) is 0 Å². The lowest BCUT2D eigenvalue weighted by atomic mass is 9.82. The molecule has 134 valence electrons. The summed E-state index contributed by atoms with van der Waals surface area (Å²) < 4.78 is 0. The van der Waals surface area contributed by atoms with Crippen LogP contribution < -0.4 is 0 Å². The quantitative estimate of drug-likeness (QED) is 0.661. The molecule has 25 heavy (non-hydrogen) atoms. The molecule has 3 heteroatoms. The molecule has 1 aromatic carbocycles. The van der Waals surface area contributed by atoms with Gasteiger partial charge in [-0.1, -0.05) is 58.2 Å². The number of carbonyl (C=O) groups excluding carboxylic acids is 2. The van der Waals surface area contributed by atoms with Crippen molar-refractivity contribution >= 4 is 11.8 Å². The molecular weight excluding hydrogens is 310 g/mol. The van der Waals surface area contributed by atoms with Gasteiger partial charge < -0.3 is 0 Å². The maximum Gasteiger partial charge on any atom is 0.254 e. The Labute approximate surface area is 151 Å². The lowest BCUT2D eigenvalue weighted by molar-refractivity contribution is -0.141. The van der Waals surface area contributed by atoms with E-state index in [1.807, 2.05) is 0 Å². The number of fused-ring (bicyclic) bond motifs is 1. The zero-order chi connectivity index (χ0) is 18.0. The molecule has 1 aliphatic carbocycles. The first-order chi connectivity index (χ1) is 12.1. The molecule has 0 saturated heterocycles. The van der Waals surface area contributed by atoms with Gasteiger partial charge in [-0.2, -0.15) is 0 Å². The molecule has 0 N–H and O–H groups in total. The Bertz CT molecular complexity index is 673. The average molecular weight is 339 g/mol. The minimum absolute atomic E-state index is 0.0988. The molecule has 3 atom stereocenters. The van der Waals surface area contributed by atoms with Crippen molar-refractivity contribution in [3.63, 3.8) is 0 Å². The summed E-state index contributed by atoms with van der Waals surface area (Å²) in [6.07, 6.45) is 9.39. The normalized spacial score (nSPS) is 25.1. The summed E-state index contributed by atoms with van der Waals surface area (Å²) in [5, 5.41) is 0. The maximum atomic E-state index is 12.4. The highest BCUT2D eigenvalue weighted by Crippen LogP contribution is 2.53. The zero-order valence-corrected chi connectivity index (χ0v) is 15.6. The molecule has 1 aliphatic heterocycles. The molecule has 0 fully saturated rings. The number of amides is 2. The van der Waals surface area contributed by atoms with E-state index in [4.69, 9.17) is 0 Å². The van der Waals surface area contributed by atoms with E-state index < -0.39 is 0 Å². The summed E-state index contributed by atoms with van der Waals surface area (Å²) in [5.74, 6) is 0.486. The van der Waals surface area contributed by atoms with Crippen molar-refractivity contribution in [2.45, 2.75) is 71.3 Å². The second kappa shape index (κ2) is 7.55. The van der Waals surface area contributed by atoms with E-state index in [-0.39, 0.29) is 17.9 Å². The monoisotopic (exact) mass is 339 g/mol. The Morgan fingerprint density at radius 1 is 0.920 bits per heavy atom. The van der Waals surface area contributed by atoms with E-state index in [0.717, 1.165) is 38.5 Å². The van der Waals surface area contributed by atoms with Crippen LogP contribution in [-0.4, -0.2) is 16.7 Å². The molecular formula is C22H29NO2. The Balaban J connectivity index is 2.12. The van der Waals surface area contributed by atoms with E-state index in [9.17, 15) is 9.59 Å². The van der Waals surface area contributed by atoms with Crippen LogP contribution in [0.15, 0.2) is 30.4 Å². The third-order valence-corrected chi connectivity index (χ3v) is 5.70. The van der Waals surface area contributed by atoms with Gasteiger partial charge in [0.1, 0.15) is 0 Å². The molecule has 0 bridgehead atoms. The molecule has 3 nitrogen and oxygen atoms in total. The third-order valence-electron chi connectivity index (χ3n) is 5.70. The van der Waals surface area contributed by atoms with Gasteiger partial charge in [-0.05, 0) is 47.8 Å². The third kappa shape index (κ3) is 3.05. The van der Waals surface area contributed by atoms with Crippen molar-refractivity contribution in [3.05, 3.63) is 47.0 Å². The standard InChI is InChI=1S/C22H29NO2/c1-4-8-15-11-7-12-18-21(15)16(9-5-2)17(10-6-3)22(18)23-19(24)13-14-20(23)25/h7,11-14,16-17,22H,4-6,8-10H2,1-3H3/t16-,17-,22-/m0/s1. The van der Waals surface area contributed by atoms with Gasteiger partial charge in [0.05, 0.1) is 6.04 Å². The molecule has 0 spiro atoms. The van der Waals surface area contributed by atoms with Gasteiger partial charge in [0.15, 0.2) is 0 Å².